The number of hydrogen-bond acceptors (Lipinski definition) is 5. The third-order valence-electron chi connectivity index (χ3n) is 4.04. The molecule has 1 heterocycles. The average molecular weight is 376 g/mol. The summed E-state index contributed by atoms with van der Waals surface area (Å²) in [6.07, 6.45) is 0.129. The SMILES string of the molecule is COc1ccccc1NC(=O)C1CN(S(C)(=O)=O)c2cc(C)ccc2O1. The summed E-state index contributed by atoms with van der Waals surface area (Å²) in [4.78, 5) is 12.7. The molecule has 1 amide bonds. The van der Waals surface area contributed by atoms with Crippen molar-refractivity contribution in [3.8, 4) is 11.5 Å². The van der Waals surface area contributed by atoms with Crippen LogP contribution in [0.25, 0.3) is 0 Å². The van der Waals surface area contributed by atoms with E-state index >= 15 is 0 Å². The standard InChI is InChI=1S/C18H20N2O5S/c1-12-8-9-16-14(10-12)20(26(3,22)23)11-17(25-16)18(21)19-13-6-4-5-7-15(13)24-2/h4-10,17H,11H2,1-3H3,(H,19,21). The summed E-state index contributed by atoms with van der Waals surface area (Å²) in [5.74, 6) is 0.412. The third-order valence-corrected chi connectivity index (χ3v) is 5.19. The van der Waals surface area contributed by atoms with Gasteiger partial charge in [-0.2, -0.15) is 0 Å². The minimum absolute atomic E-state index is 0.101. The van der Waals surface area contributed by atoms with Gasteiger partial charge in [-0.05, 0) is 36.8 Å². The highest BCUT2D eigenvalue weighted by molar-refractivity contribution is 7.92. The Bertz CT molecular complexity index is 942. The lowest BCUT2D eigenvalue weighted by atomic mass is 10.1. The number of fused-ring (bicyclic) bond motifs is 1. The molecule has 0 saturated heterocycles. The Morgan fingerprint density at radius 1 is 1.27 bits per heavy atom. The van der Waals surface area contributed by atoms with Gasteiger partial charge in [-0.25, -0.2) is 8.42 Å². The first-order valence-electron chi connectivity index (χ1n) is 7.98. The van der Waals surface area contributed by atoms with Gasteiger partial charge in [0.2, 0.25) is 10.0 Å². The van der Waals surface area contributed by atoms with E-state index in [1.54, 1.807) is 42.5 Å². The molecule has 0 aromatic heterocycles. The van der Waals surface area contributed by atoms with Crippen LogP contribution in [-0.4, -0.2) is 40.3 Å². The molecule has 8 heteroatoms. The van der Waals surface area contributed by atoms with Gasteiger partial charge in [0.1, 0.15) is 11.5 Å². The lowest BCUT2D eigenvalue weighted by Crippen LogP contribution is -2.48. The summed E-state index contributed by atoms with van der Waals surface area (Å²) in [6, 6.07) is 12.2. The summed E-state index contributed by atoms with van der Waals surface area (Å²) in [7, 11) is -2.05. The molecule has 0 aliphatic carbocycles. The van der Waals surface area contributed by atoms with Crippen LogP contribution >= 0.6 is 0 Å². The zero-order chi connectivity index (χ0) is 18.9. The topological polar surface area (TPSA) is 84.9 Å². The van der Waals surface area contributed by atoms with Gasteiger partial charge in [0.05, 0.1) is 31.3 Å². The second kappa shape index (κ2) is 6.87. The average Bonchev–Trinajstić information content (AvgIpc) is 2.60. The van der Waals surface area contributed by atoms with Crippen molar-refractivity contribution >= 4 is 27.3 Å². The van der Waals surface area contributed by atoms with E-state index in [-0.39, 0.29) is 6.54 Å². The van der Waals surface area contributed by atoms with Crippen molar-refractivity contribution < 1.29 is 22.7 Å². The van der Waals surface area contributed by atoms with E-state index in [0.29, 0.717) is 22.9 Å². The molecule has 138 valence electrons. The second-order valence-corrected chi connectivity index (χ2v) is 7.97. The molecule has 0 spiro atoms. The maximum Gasteiger partial charge on any atom is 0.267 e. The number of rotatable bonds is 4. The Hall–Kier alpha value is -2.74. The highest BCUT2D eigenvalue weighted by atomic mass is 32.2. The molecule has 0 bridgehead atoms. The van der Waals surface area contributed by atoms with Crippen LogP contribution < -0.4 is 19.1 Å². The van der Waals surface area contributed by atoms with Gasteiger partial charge in [0.15, 0.2) is 6.10 Å². The van der Waals surface area contributed by atoms with E-state index in [2.05, 4.69) is 5.32 Å². The molecule has 1 atom stereocenters. The van der Waals surface area contributed by atoms with E-state index in [1.807, 2.05) is 6.92 Å². The van der Waals surface area contributed by atoms with Crippen molar-refractivity contribution in [3.05, 3.63) is 48.0 Å². The Labute approximate surface area is 152 Å². The fourth-order valence-electron chi connectivity index (χ4n) is 2.77. The van der Waals surface area contributed by atoms with E-state index in [4.69, 9.17) is 9.47 Å². The first kappa shape index (κ1) is 18.1. The minimum Gasteiger partial charge on any atom is -0.495 e. The van der Waals surface area contributed by atoms with E-state index in [9.17, 15) is 13.2 Å². The van der Waals surface area contributed by atoms with Gasteiger partial charge in [0, 0.05) is 0 Å². The lowest BCUT2D eigenvalue weighted by molar-refractivity contribution is -0.122. The number of ether oxygens (including phenoxy) is 2. The van der Waals surface area contributed by atoms with Crippen molar-refractivity contribution in [2.45, 2.75) is 13.0 Å². The zero-order valence-electron chi connectivity index (χ0n) is 14.7. The van der Waals surface area contributed by atoms with E-state index in [0.717, 1.165) is 11.8 Å². The Morgan fingerprint density at radius 2 is 2.00 bits per heavy atom. The van der Waals surface area contributed by atoms with Crippen LogP contribution in [0, 0.1) is 6.92 Å². The molecule has 1 unspecified atom stereocenters. The largest absolute Gasteiger partial charge is 0.495 e. The maximum atomic E-state index is 12.7. The smallest absolute Gasteiger partial charge is 0.267 e. The fourth-order valence-corrected chi connectivity index (χ4v) is 3.68. The van der Waals surface area contributed by atoms with Gasteiger partial charge < -0.3 is 14.8 Å². The predicted octanol–water partition coefficient (Wildman–Crippen LogP) is 2.17. The zero-order valence-corrected chi connectivity index (χ0v) is 15.5. The number of methoxy groups -OCH3 is 1. The number of carbonyl (C=O) groups is 1. The highest BCUT2D eigenvalue weighted by Gasteiger charge is 2.35. The molecule has 1 aliphatic rings. The van der Waals surface area contributed by atoms with Crippen molar-refractivity contribution in [1.82, 2.24) is 0 Å². The molecule has 2 aromatic rings. The van der Waals surface area contributed by atoms with Gasteiger partial charge in [-0.3, -0.25) is 9.10 Å². The summed E-state index contributed by atoms with van der Waals surface area (Å²) < 4.78 is 36.6. The van der Waals surface area contributed by atoms with Crippen molar-refractivity contribution in [2.24, 2.45) is 0 Å². The maximum absolute atomic E-state index is 12.7. The van der Waals surface area contributed by atoms with E-state index in [1.165, 1.54) is 11.4 Å². The molecule has 0 saturated carbocycles. The van der Waals surface area contributed by atoms with Crippen molar-refractivity contribution in [3.63, 3.8) is 0 Å². The summed E-state index contributed by atoms with van der Waals surface area (Å²) in [5.41, 5.74) is 1.83. The van der Waals surface area contributed by atoms with Gasteiger partial charge >= 0.3 is 0 Å². The number of carbonyl (C=O) groups excluding carboxylic acids is 1. The van der Waals surface area contributed by atoms with Crippen LogP contribution in [0.4, 0.5) is 11.4 Å². The Balaban J connectivity index is 1.90. The molecule has 1 N–H and O–H groups in total. The summed E-state index contributed by atoms with van der Waals surface area (Å²) in [5, 5.41) is 2.73. The van der Waals surface area contributed by atoms with Crippen LogP contribution in [0.15, 0.2) is 42.5 Å². The molecule has 0 fully saturated rings. The highest BCUT2D eigenvalue weighted by Crippen LogP contribution is 2.36. The minimum atomic E-state index is -3.56. The first-order chi connectivity index (χ1) is 12.3. The Morgan fingerprint density at radius 3 is 2.69 bits per heavy atom. The van der Waals surface area contributed by atoms with Crippen LogP contribution in [0.3, 0.4) is 0 Å². The Kier molecular flexibility index (Phi) is 4.78. The van der Waals surface area contributed by atoms with Crippen LogP contribution in [0.2, 0.25) is 0 Å². The molecular weight excluding hydrogens is 356 g/mol. The number of nitrogens with one attached hydrogen (secondary N) is 1. The molecule has 1 aliphatic heterocycles. The van der Waals surface area contributed by atoms with Crippen molar-refractivity contribution in [2.75, 3.05) is 29.5 Å². The number of amides is 1. The fraction of sp³-hybridized carbons (Fsp3) is 0.278. The number of benzene rings is 2. The van der Waals surface area contributed by atoms with Crippen molar-refractivity contribution in [1.29, 1.82) is 0 Å². The van der Waals surface area contributed by atoms with Gasteiger partial charge in [-0.15, -0.1) is 0 Å². The molecular formula is C18H20N2O5S. The molecule has 3 rings (SSSR count). The molecule has 7 nitrogen and oxygen atoms in total. The molecule has 2 aromatic carbocycles. The molecule has 0 radical (unpaired) electrons. The van der Waals surface area contributed by atoms with Crippen LogP contribution in [0.5, 0.6) is 11.5 Å². The number of hydrogen-bond donors (Lipinski definition) is 1. The number of nitrogens with zero attached hydrogens (tertiary/aromatic N) is 1. The van der Waals surface area contributed by atoms with Gasteiger partial charge in [0.25, 0.3) is 5.91 Å². The number of aryl methyl sites for hydroxylation is 1. The first-order valence-corrected chi connectivity index (χ1v) is 9.83. The summed E-state index contributed by atoms with van der Waals surface area (Å²) >= 11 is 0. The lowest BCUT2D eigenvalue weighted by Gasteiger charge is -2.34. The van der Waals surface area contributed by atoms with Gasteiger partial charge in [-0.1, -0.05) is 18.2 Å². The third kappa shape index (κ3) is 3.60. The van der Waals surface area contributed by atoms with E-state index < -0.39 is 22.0 Å². The number of anilines is 2. The predicted molar refractivity (Wildman–Crippen MR) is 99.4 cm³/mol. The molecule has 26 heavy (non-hydrogen) atoms. The number of para-hydroxylation sites is 2. The normalized spacial score (nSPS) is 16.4. The number of sulfonamides is 1. The quantitative estimate of drug-likeness (QED) is 0.884. The summed E-state index contributed by atoms with van der Waals surface area (Å²) in [6.45, 7) is 1.76. The monoisotopic (exact) mass is 376 g/mol. The second-order valence-electron chi connectivity index (χ2n) is 6.06. The van der Waals surface area contributed by atoms with Crippen LogP contribution in [0.1, 0.15) is 5.56 Å². The van der Waals surface area contributed by atoms with Crippen LogP contribution in [-0.2, 0) is 14.8 Å².